The molecule has 2 aromatic rings. The van der Waals surface area contributed by atoms with E-state index in [2.05, 4.69) is 15.5 Å². The SMILES string of the molecule is CCn1cnnc1[C@@H]1CCCN(C(=O)Nc2cccc([N+](=O)[O-])c2)C1. The van der Waals surface area contributed by atoms with Crippen molar-refractivity contribution in [2.75, 3.05) is 18.4 Å². The summed E-state index contributed by atoms with van der Waals surface area (Å²) in [6, 6.07) is 5.68. The second-order valence-electron chi connectivity index (χ2n) is 6.00. The summed E-state index contributed by atoms with van der Waals surface area (Å²) < 4.78 is 1.99. The van der Waals surface area contributed by atoms with Gasteiger partial charge in [-0.25, -0.2) is 4.79 Å². The second kappa shape index (κ2) is 7.29. The molecule has 1 aromatic carbocycles. The van der Waals surface area contributed by atoms with Gasteiger partial charge in [0, 0.05) is 43.4 Å². The number of nitro groups is 1. The highest BCUT2D eigenvalue weighted by molar-refractivity contribution is 5.89. The summed E-state index contributed by atoms with van der Waals surface area (Å²) in [5.74, 6) is 1.04. The van der Waals surface area contributed by atoms with Crippen molar-refractivity contribution in [2.24, 2.45) is 0 Å². The highest BCUT2D eigenvalue weighted by atomic mass is 16.6. The number of carbonyl (C=O) groups is 1. The van der Waals surface area contributed by atoms with E-state index in [1.54, 1.807) is 23.4 Å². The lowest BCUT2D eigenvalue weighted by molar-refractivity contribution is -0.384. The fourth-order valence-electron chi connectivity index (χ4n) is 3.10. The zero-order chi connectivity index (χ0) is 17.8. The Morgan fingerprint density at radius 2 is 2.32 bits per heavy atom. The van der Waals surface area contributed by atoms with E-state index in [4.69, 9.17) is 0 Å². The Morgan fingerprint density at radius 3 is 3.08 bits per heavy atom. The highest BCUT2D eigenvalue weighted by Gasteiger charge is 2.28. The molecule has 0 radical (unpaired) electrons. The van der Waals surface area contributed by atoms with Crippen LogP contribution in [0, 0.1) is 10.1 Å². The van der Waals surface area contributed by atoms with Gasteiger partial charge in [-0.3, -0.25) is 10.1 Å². The van der Waals surface area contributed by atoms with Gasteiger partial charge in [-0.2, -0.15) is 0 Å². The maximum atomic E-state index is 12.5. The van der Waals surface area contributed by atoms with Crippen LogP contribution in [-0.2, 0) is 6.54 Å². The molecule has 1 saturated heterocycles. The van der Waals surface area contributed by atoms with Crippen molar-refractivity contribution in [1.82, 2.24) is 19.7 Å². The molecule has 0 bridgehead atoms. The molecule has 0 spiro atoms. The molecular weight excluding hydrogens is 324 g/mol. The predicted octanol–water partition coefficient (Wildman–Crippen LogP) is 2.62. The van der Waals surface area contributed by atoms with E-state index in [9.17, 15) is 14.9 Å². The number of nitrogens with one attached hydrogen (secondary N) is 1. The minimum atomic E-state index is -0.482. The summed E-state index contributed by atoms with van der Waals surface area (Å²) in [7, 11) is 0. The van der Waals surface area contributed by atoms with Gasteiger partial charge in [0.05, 0.1) is 4.92 Å². The molecule has 9 nitrogen and oxygen atoms in total. The largest absolute Gasteiger partial charge is 0.324 e. The third-order valence-corrected chi connectivity index (χ3v) is 4.37. The molecule has 2 amide bonds. The van der Waals surface area contributed by atoms with Gasteiger partial charge < -0.3 is 14.8 Å². The van der Waals surface area contributed by atoms with Gasteiger partial charge in [-0.1, -0.05) is 6.07 Å². The van der Waals surface area contributed by atoms with Crippen LogP contribution in [0.25, 0.3) is 0 Å². The summed E-state index contributed by atoms with van der Waals surface area (Å²) in [4.78, 5) is 24.6. The van der Waals surface area contributed by atoms with Crippen molar-refractivity contribution in [2.45, 2.75) is 32.2 Å². The lowest BCUT2D eigenvalue weighted by Gasteiger charge is -2.32. The average molecular weight is 344 g/mol. The Hall–Kier alpha value is -2.97. The van der Waals surface area contributed by atoms with E-state index in [1.165, 1.54) is 12.1 Å². The van der Waals surface area contributed by atoms with Crippen molar-refractivity contribution >= 4 is 17.4 Å². The van der Waals surface area contributed by atoms with Gasteiger partial charge in [-0.15, -0.1) is 10.2 Å². The zero-order valence-electron chi connectivity index (χ0n) is 14.0. The van der Waals surface area contributed by atoms with Crippen LogP contribution >= 0.6 is 0 Å². The standard InChI is InChI=1S/C16H20N6O3/c1-2-20-11-17-19-15(20)12-5-4-8-21(10-12)16(23)18-13-6-3-7-14(9-13)22(24)25/h3,6-7,9,11-12H,2,4-5,8,10H2,1H3,(H,18,23)/t12-/m1/s1. The number of carbonyl (C=O) groups excluding carboxylic acids is 1. The molecule has 25 heavy (non-hydrogen) atoms. The van der Waals surface area contributed by atoms with Crippen molar-refractivity contribution < 1.29 is 9.72 Å². The number of aromatic nitrogens is 3. The Morgan fingerprint density at radius 1 is 1.48 bits per heavy atom. The van der Waals surface area contributed by atoms with Crippen molar-refractivity contribution in [3.05, 3.63) is 46.5 Å². The fraction of sp³-hybridized carbons (Fsp3) is 0.438. The van der Waals surface area contributed by atoms with Crippen LogP contribution in [0.15, 0.2) is 30.6 Å². The molecule has 1 aliphatic rings. The monoisotopic (exact) mass is 344 g/mol. The molecule has 1 N–H and O–H groups in total. The lowest BCUT2D eigenvalue weighted by Crippen LogP contribution is -2.42. The minimum Gasteiger partial charge on any atom is -0.324 e. The normalized spacial score (nSPS) is 17.3. The Balaban J connectivity index is 1.68. The van der Waals surface area contributed by atoms with Gasteiger partial charge in [0.1, 0.15) is 12.2 Å². The van der Waals surface area contributed by atoms with E-state index < -0.39 is 4.92 Å². The number of hydrogen-bond donors (Lipinski definition) is 1. The van der Waals surface area contributed by atoms with Crippen molar-refractivity contribution in [3.63, 3.8) is 0 Å². The number of piperidine rings is 1. The van der Waals surface area contributed by atoms with Gasteiger partial charge in [0.2, 0.25) is 0 Å². The van der Waals surface area contributed by atoms with Gasteiger partial charge in [0.15, 0.2) is 0 Å². The van der Waals surface area contributed by atoms with Crippen molar-refractivity contribution in [3.8, 4) is 0 Å². The molecule has 1 fully saturated rings. The Labute approximate surface area is 144 Å². The number of rotatable bonds is 4. The van der Waals surface area contributed by atoms with Gasteiger partial charge in [0.25, 0.3) is 5.69 Å². The van der Waals surface area contributed by atoms with E-state index in [0.29, 0.717) is 18.8 Å². The molecule has 1 aromatic heterocycles. The molecule has 9 heteroatoms. The third-order valence-electron chi connectivity index (χ3n) is 4.37. The van der Waals surface area contributed by atoms with Crippen molar-refractivity contribution in [1.29, 1.82) is 0 Å². The van der Waals surface area contributed by atoms with Crippen LogP contribution in [0.1, 0.15) is 31.5 Å². The van der Waals surface area contributed by atoms with Crippen LogP contribution in [0.5, 0.6) is 0 Å². The zero-order valence-corrected chi connectivity index (χ0v) is 14.0. The van der Waals surface area contributed by atoms with E-state index in [-0.39, 0.29) is 17.6 Å². The first kappa shape index (κ1) is 16.9. The summed E-state index contributed by atoms with van der Waals surface area (Å²) in [6.07, 6.45) is 3.54. The number of hydrogen-bond acceptors (Lipinski definition) is 5. The molecule has 0 unspecified atom stereocenters. The van der Waals surface area contributed by atoms with Gasteiger partial charge >= 0.3 is 6.03 Å². The summed E-state index contributed by atoms with van der Waals surface area (Å²) in [5, 5.41) is 21.7. The van der Waals surface area contributed by atoms with Crippen LogP contribution in [0.4, 0.5) is 16.2 Å². The maximum absolute atomic E-state index is 12.5. The molecule has 1 atom stereocenters. The van der Waals surface area contributed by atoms with Crippen LogP contribution in [0.2, 0.25) is 0 Å². The summed E-state index contributed by atoms with van der Waals surface area (Å²) >= 11 is 0. The van der Waals surface area contributed by atoms with E-state index >= 15 is 0 Å². The maximum Gasteiger partial charge on any atom is 0.321 e. The molecule has 1 aliphatic heterocycles. The van der Waals surface area contributed by atoms with Crippen LogP contribution < -0.4 is 5.32 Å². The Bertz CT molecular complexity index is 775. The first-order valence-corrected chi connectivity index (χ1v) is 8.26. The number of aryl methyl sites for hydroxylation is 1. The molecule has 2 heterocycles. The number of amides is 2. The minimum absolute atomic E-state index is 0.0506. The van der Waals surface area contributed by atoms with Crippen LogP contribution in [0.3, 0.4) is 0 Å². The number of urea groups is 1. The topological polar surface area (TPSA) is 106 Å². The first-order valence-electron chi connectivity index (χ1n) is 8.26. The highest BCUT2D eigenvalue weighted by Crippen LogP contribution is 2.26. The summed E-state index contributed by atoms with van der Waals surface area (Å²) in [5.41, 5.74) is 0.364. The molecule has 3 rings (SSSR count). The smallest absolute Gasteiger partial charge is 0.321 e. The number of anilines is 1. The molecular formula is C16H20N6O3. The average Bonchev–Trinajstić information content (AvgIpc) is 3.11. The van der Waals surface area contributed by atoms with Crippen LogP contribution in [-0.4, -0.2) is 43.7 Å². The van der Waals surface area contributed by atoms with Gasteiger partial charge in [-0.05, 0) is 25.8 Å². The number of likely N-dealkylation sites (tertiary alicyclic amines) is 1. The second-order valence-corrected chi connectivity index (χ2v) is 6.00. The number of nitro benzene ring substituents is 1. The van der Waals surface area contributed by atoms with E-state index in [1.807, 2.05) is 11.5 Å². The number of non-ortho nitro benzene ring substituents is 1. The number of nitrogens with zero attached hydrogens (tertiary/aromatic N) is 5. The Kier molecular flexibility index (Phi) is 4.92. The summed E-state index contributed by atoms with van der Waals surface area (Å²) in [6.45, 7) is 4.03. The molecule has 0 saturated carbocycles. The third kappa shape index (κ3) is 3.76. The predicted molar refractivity (Wildman–Crippen MR) is 91.4 cm³/mol. The quantitative estimate of drug-likeness (QED) is 0.678. The molecule has 0 aliphatic carbocycles. The number of benzene rings is 1. The fourth-order valence-corrected chi connectivity index (χ4v) is 3.10. The first-order chi connectivity index (χ1) is 12.1. The lowest BCUT2D eigenvalue weighted by atomic mass is 9.97. The van der Waals surface area contributed by atoms with E-state index in [0.717, 1.165) is 25.2 Å². The molecule has 132 valence electrons.